The monoisotopic (exact) mass is 280 g/mol. The van der Waals surface area contributed by atoms with E-state index in [-0.39, 0.29) is 12.3 Å². The van der Waals surface area contributed by atoms with Crippen LogP contribution in [-0.4, -0.2) is 33.9 Å². The van der Waals surface area contributed by atoms with Crippen LogP contribution in [0.5, 0.6) is 0 Å². The summed E-state index contributed by atoms with van der Waals surface area (Å²) >= 11 is 0. The quantitative estimate of drug-likeness (QED) is 0.651. The van der Waals surface area contributed by atoms with E-state index in [9.17, 15) is 14.7 Å². The molecule has 0 saturated heterocycles. The molecule has 0 bridgehead atoms. The third-order valence-corrected chi connectivity index (χ3v) is 4.22. The number of aromatic nitrogens is 2. The lowest BCUT2D eigenvalue weighted by atomic mass is 9.70. The van der Waals surface area contributed by atoms with Crippen molar-refractivity contribution in [2.24, 2.45) is 18.4 Å². The predicted octanol–water partition coefficient (Wildman–Crippen LogP) is 1.40. The summed E-state index contributed by atoms with van der Waals surface area (Å²) in [4.78, 5) is 24.1. The molecule has 1 aliphatic rings. The molecule has 0 radical (unpaired) electrons. The zero-order chi connectivity index (χ0) is 14.8. The topological polar surface area (TPSA) is 81.4 Å². The number of rotatable bonds is 5. The fraction of sp³-hybridized carbons (Fsp3) is 0.643. The van der Waals surface area contributed by atoms with Gasteiger partial charge < -0.3 is 9.84 Å². The van der Waals surface area contributed by atoms with Gasteiger partial charge in [0.25, 0.3) is 0 Å². The second-order valence-corrected chi connectivity index (χ2v) is 5.45. The number of carboxylic acids is 1. The van der Waals surface area contributed by atoms with Crippen LogP contribution in [0, 0.1) is 11.3 Å². The molecule has 1 aliphatic carbocycles. The zero-order valence-corrected chi connectivity index (χ0v) is 11.8. The van der Waals surface area contributed by atoms with Gasteiger partial charge >= 0.3 is 11.9 Å². The first kappa shape index (κ1) is 14.6. The highest BCUT2D eigenvalue weighted by molar-refractivity contribution is 5.99. The van der Waals surface area contributed by atoms with Crippen LogP contribution in [0.15, 0.2) is 12.4 Å². The lowest BCUT2D eigenvalue weighted by molar-refractivity contribution is -0.171. The lowest BCUT2D eigenvalue weighted by Crippen LogP contribution is -2.47. The van der Waals surface area contributed by atoms with Crippen LogP contribution < -0.4 is 0 Å². The first-order valence-corrected chi connectivity index (χ1v) is 6.80. The van der Waals surface area contributed by atoms with E-state index in [4.69, 9.17) is 4.74 Å². The molecule has 1 saturated carbocycles. The van der Waals surface area contributed by atoms with Crippen molar-refractivity contribution >= 4 is 11.9 Å². The van der Waals surface area contributed by atoms with Gasteiger partial charge in [0, 0.05) is 19.7 Å². The van der Waals surface area contributed by atoms with E-state index in [1.54, 1.807) is 24.1 Å². The molecule has 1 unspecified atom stereocenters. The number of hydrogen-bond acceptors (Lipinski definition) is 4. The van der Waals surface area contributed by atoms with E-state index in [1.807, 2.05) is 0 Å². The summed E-state index contributed by atoms with van der Waals surface area (Å²) < 4.78 is 6.43. The molecule has 0 aromatic carbocycles. The summed E-state index contributed by atoms with van der Waals surface area (Å²) in [5.41, 5.74) is -0.749. The van der Waals surface area contributed by atoms with E-state index < -0.39 is 17.4 Å². The molecule has 2 rings (SSSR count). The Labute approximate surface area is 117 Å². The number of aliphatic carboxylic acids is 1. The molecule has 1 aromatic rings. The minimum Gasteiger partial charge on any atom is -0.480 e. The van der Waals surface area contributed by atoms with Gasteiger partial charge in [-0.15, -0.1) is 0 Å². The molecule has 6 nitrogen and oxygen atoms in total. The molecule has 1 fully saturated rings. The van der Waals surface area contributed by atoms with Gasteiger partial charge in [-0.05, 0) is 24.3 Å². The summed E-state index contributed by atoms with van der Waals surface area (Å²) in [7, 11) is 3.01. The minimum atomic E-state index is -1.49. The van der Waals surface area contributed by atoms with E-state index in [2.05, 4.69) is 5.10 Å². The molecule has 1 atom stereocenters. The smallest absolute Gasteiger partial charge is 0.323 e. The van der Waals surface area contributed by atoms with E-state index in [0.29, 0.717) is 0 Å². The van der Waals surface area contributed by atoms with E-state index in [1.165, 1.54) is 7.11 Å². The molecule has 20 heavy (non-hydrogen) atoms. The summed E-state index contributed by atoms with van der Waals surface area (Å²) in [6.45, 7) is 0. The third-order valence-electron chi connectivity index (χ3n) is 4.22. The average Bonchev–Trinajstić information content (AvgIpc) is 3.06. The van der Waals surface area contributed by atoms with Gasteiger partial charge in [-0.2, -0.15) is 5.10 Å². The summed E-state index contributed by atoms with van der Waals surface area (Å²) in [5.74, 6) is -1.92. The molecule has 1 aromatic heterocycles. The van der Waals surface area contributed by atoms with Crippen molar-refractivity contribution in [2.75, 3.05) is 7.11 Å². The standard InChI is InChI=1S/C14H20N2O4/c1-16-9-10(8-15-16)7-14(12(17)18,13(19)20-2)11-5-3-4-6-11/h8-9,11H,3-7H2,1-2H3,(H,17,18). The fourth-order valence-electron chi connectivity index (χ4n) is 3.21. The highest BCUT2D eigenvalue weighted by atomic mass is 16.5. The Hall–Kier alpha value is -1.85. The van der Waals surface area contributed by atoms with Crippen LogP contribution in [0.2, 0.25) is 0 Å². The number of nitrogens with zero attached hydrogens (tertiary/aromatic N) is 2. The maximum atomic E-state index is 12.2. The molecule has 0 amide bonds. The number of methoxy groups -OCH3 is 1. The number of ether oxygens (including phenoxy) is 1. The lowest BCUT2D eigenvalue weighted by Gasteiger charge is -2.32. The Morgan fingerprint density at radius 1 is 1.50 bits per heavy atom. The van der Waals surface area contributed by atoms with E-state index in [0.717, 1.165) is 31.2 Å². The number of aryl methyl sites for hydroxylation is 1. The zero-order valence-electron chi connectivity index (χ0n) is 11.8. The van der Waals surface area contributed by atoms with Crippen molar-refractivity contribution in [1.29, 1.82) is 0 Å². The van der Waals surface area contributed by atoms with Crippen molar-refractivity contribution in [1.82, 2.24) is 9.78 Å². The maximum absolute atomic E-state index is 12.2. The van der Waals surface area contributed by atoms with E-state index >= 15 is 0 Å². The molecular weight excluding hydrogens is 260 g/mol. The highest BCUT2D eigenvalue weighted by Gasteiger charge is 2.54. The van der Waals surface area contributed by atoms with Crippen LogP contribution in [-0.2, 0) is 27.8 Å². The van der Waals surface area contributed by atoms with Crippen LogP contribution in [0.25, 0.3) is 0 Å². The van der Waals surface area contributed by atoms with Gasteiger partial charge in [0.05, 0.1) is 13.3 Å². The van der Waals surface area contributed by atoms with Gasteiger partial charge in [0.15, 0.2) is 5.41 Å². The van der Waals surface area contributed by atoms with Crippen LogP contribution >= 0.6 is 0 Å². The number of carbonyl (C=O) groups excluding carboxylic acids is 1. The summed E-state index contributed by atoms with van der Waals surface area (Å²) in [5, 5.41) is 13.8. The van der Waals surface area contributed by atoms with Gasteiger partial charge in [-0.3, -0.25) is 14.3 Å². The summed E-state index contributed by atoms with van der Waals surface area (Å²) in [6.07, 6.45) is 6.91. The molecule has 1 N–H and O–H groups in total. The first-order valence-electron chi connectivity index (χ1n) is 6.80. The molecule has 6 heteroatoms. The molecule has 0 aliphatic heterocycles. The third kappa shape index (κ3) is 2.42. The predicted molar refractivity (Wildman–Crippen MR) is 71.0 cm³/mol. The van der Waals surface area contributed by atoms with Gasteiger partial charge in [0.1, 0.15) is 0 Å². The average molecular weight is 280 g/mol. The van der Waals surface area contributed by atoms with Crippen molar-refractivity contribution in [3.05, 3.63) is 18.0 Å². The SMILES string of the molecule is COC(=O)C(Cc1cnn(C)c1)(C(=O)O)C1CCCC1. The van der Waals surface area contributed by atoms with Crippen molar-refractivity contribution < 1.29 is 19.4 Å². The Kier molecular flexibility index (Phi) is 4.11. The fourth-order valence-corrected chi connectivity index (χ4v) is 3.21. The summed E-state index contributed by atoms with van der Waals surface area (Å²) in [6, 6.07) is 0. The molecule has 0 spiro atoms. The second kappa shape index (κ2) is 5.64. The van der Waals surface area contributed by atoms with Gasteiger partial charge in [0.2, 0.25) is 0 Å². The van der Waals surface area contributed by atoms with Crippen LogP contribution in [0.4, 0.5) is 0 Å². The Morgan fingerprint density at radius 3 is 2.60 bits per heavy atom. The Balaban J connectivity index is 2.39. The van der Waals surface area contributed by atoms with Crippen LogP contribution in [0.1, 0.15) is 31.2 Å². The Morgan fingerprint density at radius 2 is 2.15 bits per heavy atom. The largest absolute Gasteiger partial charge is 0.480 e. The molecule has 1 heterocycles. The number of esters is 1. The normalized spacial score (nSPS) is 18.7. The van der Waals surface area contributed by atoms with Crippen LogP contribution in [0.3, 0.4) is 0 Å². The first-order chi connectivity index (χ1) is 9.50. The van der Waals surface area contributed by atoms with Gasteiger partial charge in [-0.25, -0.2) is 0 Å². The number of carbonyl (C=O) groups is 2. The second-order valence-electron chi connectivity index (χ2n) is 5.45. The Bertz CT molecular complexity index is 505. The molecular formula is C14H20N2O4. The minimum absolute atomic E-state index is 0.132. The number of carboxylic acid groups (broad SMARTS) is 1. The van der Waals surface area contributed by atoms with Crippen molar-refractivity contribution in [3.8, 4) is 0 Å². The van der Waals surface area contributed by atoms with Crippen molar-refractivity contribution in [2.45, 2.75) is 32.1 Å². The van der Waals surface area contributed by atoms with Crippen molar-refractivity contribution in [3.63, 3.8) is 0 Å². The highest BCUT2D eigenvalue weighted by Crippen LogP contribution is 2.43. The van der Waals surface area contributed by atoms with Gasteiger partial charge in [-0.1, -0.05) is 12.8 Å². The molecule has 110 valence electrons. The number of hydrogen-bond donors (Lipinski definition) is 1. The maximum Gasteiger partial charge on any atom is 0.323 e.